The van der Waals surface area contributed by atoms with Crippen molar-refractivity contribution < 1.29 is 9.53 Å². The van der Waals surface area contributed by atoms with Crippen LogP contribution in [0.15, 0.2) is 18.2 Å². The Hall–Kier alpha value is -1.55. The van der Waals surface area contributed by atoms with Crippen LogP contribution < -0.4 is 15.0 Å². The van der Waals surface area contributed by atoms with Crippen molar-refractivity contribution >= 4 is 11.6 Å². The van der Waals surface area contributed by atoms with Crippen molar-refractivity contribution in [2.24, 2.45) is 5.92 Å². The summed E-state index contributed by atoms with van der Waals surface area (Å²) in [5.41, 5.74) is 2.28. The zero-order chi connectivity index (χ0) is 12.7. The highest BCUT2D eigenvalue weighted by Gasteiger charge is 2.40. The molecule has 2 atom stereocenters. The van der Waals surface area contributed by atoms with E-state index in [1.54, 1.807) is 12.0 Å². The van der Waals surface area contributed by atoms with Gasteiger partial charge in [0.2, 0.25) is 5.91 Å². The molecule has 0 saturated carbocycles. The summed E-state index contributed by atoms with van der Waals surface area (Å²) in [5, 5.41) is 3.32. The van der Waals surface area contributed by atoms with Crippen molar-refractivity contribution in [1.29, 1.82) is 0 Å². The first-order valence-corrected chi connectivity index (χ1v) is 6.38. The van der Waals surface area contributed by atoms with Gasteiger partial charge in [0.25, 0.3) is 0 Å². The van der Waals surface area contributed by atoms with Crippen molar-refractivity contribution in [2.45, 2.75) is 12.3 Å². The van der Waals surface area contributed by atoms with Gasteiger partial charge in [-0.25, -0.2) is 0 Å². The fraction of sp³-hybridized carbons (Fsp3) is 0.500. The molecule has 96 valence electrons. The maximum atomic E-state index is 12.3. The van der Waals surface area contributed by atoms with E-state index in [9.17, 15) is 4.79 Å². The van der Waals surface area contributed by atoms with Crippen molar-refractivity contribution in [1.82, 2.24) is 5.32 Å². The number of carbonyl (C=O) groups is 1. The summed E-state index contributed by atoms with van der Waals surface area (Å²) in [7, 11) is 3.54. The number of hydrogen-bond donors (Lipinski definition) is 1. The van der Waals surface area contributed by atoms with Crippen molar-refractivity contribution in [2.75, 3.05) is 32.1 Å². The van der Waals surface area contributed by atoms with Crippen molar-refractivity contribution in [3.8, 4) is 5.75 Å². The van der Waals surface area contributed by atoms with Crippen molar-refractivity contribution in [3.05, 3.63) is 23.8 Å². The number of nitrogens with zero attached hydrogens (tertiary/aromatic N) is 1. The molecule has 3 rings (SSSR count). The Morgan fingerprint density at radius 1 is 1.39 bits per heavy atom. The van der Waals surface area contributed by atoms with Gasteiger partial charge in [0.05, 0.1) is 13.0 Å². The van der Waals surface area contributed by atoms with Crippen LogP contribution in [0.3, 0.4) is 0 Å². The average Bonchev–Trinajstić information content (AvgIpc) is 2.44. The van der Waals surface area contributed by atoms with Crippen LogP contribution in [-0.2, 0) is 4.79 Å². The normalized spacial score (nSPS) is 26.6. The Bertz CT molecular complexity index is 487. The molecular formula is C14H18N2O2. The molecule has 2 aliphatic heterocycles. The number of fused-ring (bicyclic) bond motifs is 3. The second-order valence-corrected chi connectivity index (χ2v) is 5.03. The summed E-state index contributed by atoms with van der Waals surface area (Å²) in [5.74, 6) is 1.50. The quantitative estimate of drug-likeness (QED) is 0.813. The van der Waals surface area contributed by atoms with Crippen LogP contribution in [0.1, 0.15) is 17.9 Å². The van der Waals surface area contributed by atoms with Gasteiger partial charge in [-0.05, 0) is 36.7 Å². The van der Waals surface area contributed by atoms with E-state index in [1.165, 1.54) is 5.56 Å². The first-order valence-electron chi connectivity index (χ1n) is 6.38. The zero-order valence-corrected chi connectivity index (χ0v) is 10.8. The number of carbonyl (C=O) groups excluding carboxylic acids is 1. The highest BCUT2D eigenvalue weighted by atomic mass is 16.5. The number of benzene rings is 1. The Morgan fingerprint density at radius 2 is 2.22 bits per heavy atom. The van der Waals surface area contributed by atoms with E-state index in [1.807, 2.05) is 19.2 Å². The lowest BCUT2D eigenvalue weighted by Crippen LogP contribution is -2.48. The van der Waals surface area contributed by atoms with E-state index in [2.05, 4.69) is 11.4 Å². The fourth-order valence-electron chi connectivity index (χ4n) is 3.12. The number of rotatable bonds is 1. The zero-order valence-electron chi connectivity index (χ0n) is 10.8. The molecule has 2 heterocycles. The lowest BCUT2D eigenvalue weighted by atomic mass is 9.77. The second kappa shape index (κ2) is 4.28. The van der Waals surface area contributed by atoms with Gasteiger partial charge in [-0.2, -0.15) is 0 Å². The van der Waals surface area contributed by atoms with Crippen LogP contribution in [0, 0.1) is 5.92 Å². The highest BCUT2D eigenvalue weighted by molar-refractivity contribution is 5.98. The first kappa shape index (κ1) is 11.5. The SMILES string of the molecule is COc1ccc2c(c1)C1CCNCC1C(=O)N2C. The fourth-order valence-corrected chi connectivity index (χ4v) is 3.12. The molecule has 0 radical (unpaired) electrons. The monoisotopic (exact) mass is 246 g/mol. The van der Waals surface area contributed by atoms with E-state index >= 15 is 0 Å². The largest absolute Gasteiger partial charge is 0.497 e. The van der Waals surface area contributed by atoms with Gasteiger partial charge in [-0.3, -0.25) is 4.79 Å². The molecule has 1 N–H and O–H groups in total. The third kappa shape index (κ3) is 1.60. The van der Waals surface area contributed by atoms with E-state index in [-0.39, 0.29) is 11.8 Å². The number of amides is 1. The maximum absolute atomic E-state index is 12.3. The number of anilines is 1. The van der Waals surface area contributed by atoms with Gasteiger partial charge in [0.15, 0.2) is 0 Å². The Morgan fingerprint density at radius 3 is 3.00 bits per heavy atom. The molecule has 2 unspecified atom stereocenters. The lowest BCUT2D eigenvalue weighted by molar-refractivity contribution is -0.123. The summed E-state index contributed by atoms with van der Waals surface area (Å²) < 4.78 is 5.30. The summed E-state index contributed by atoms with van der Waals surface area (Å²) in [4.78, 5) is 14.1. The number of ether oxygens (including phenoxy) is 1. The number of nitrogens with one attached hydrogen (secondary N) is 1. The molecule has 0 bridgehead atoms. The Balaban J connectivity index is 2.10. The van der Waals surface area contributed by atoms with Gasteiger partial charge in [-0.15, -0.1) is 0 Å². The van der Waals surface area contributed by atoms with E-state index < -0.39 is 0 Å². The van der Waals surface area contributed by atoms with Crippen LogP contribution in [0.25, 0.3) is 0 Å². The van der Waals surface area contributed by atoms with Crippen LogP contribution in [0.4, 0.5) is 5.69 Å². The molecule has 4 nitrogen and oxygen atoms in total. The van der Waals surface area contributed by atoms with Crippen LogP contribution in [-0.4, -0.2) is 33.2 Å². The topological polar surface area (TPSA) is 41.6 Å². The Kier molecular flexibility index (Phi) is 2.74. The summed E-state index contributed by atoms with van der Waals surface area (Å²) in [6.07, 6.45) is 1.02. The molecular weight excluding hydrogens is 228 g/mol. The molecule has 1 aromatic rings. The lowest BCUT2D eigenvalue weighted by Gasteiger charge is -2.40. The Labute approximate surface area is 107 Å². The molecule has 18 heavy (non-hydrogen) atoms. The summed E-state index contributed by atoms with van der Waals surface area (Å²) in [6.45, 7) is 1.76. The third-order valence-electron chi connectivity index (χ3n) is 4.13. The van der Waals surface area contributed by atoms with Gasteiger partial charge in [-0.1, -0.05) is 0 Å². The van der Waals surface area contributed by atoms with Crippen molar-refractivity contribution in [3.63, 3.8) is 0 Å². The van der Waals surface area contributed by atoms with E-state index in [4.69, 9.17) is 4.74 Å². The van der Waals surface area contributed by atoms with E-state index in [0.29, 0.717) is 5.92 Å². The molecule has 0 aliphatic carbocycles. The minimum absolute atomic E-state index is 0.0726. The molecule has 0 spiro atoms. The average molecular weight is 246 g/mol. The molecule has 1 saturated heterocycles. The predicted molar refractivity (Wildman–Crippen MR) is 70.1 cm³/mol. The van der Waals surface area contributed by atoms with Crippen LogP contribution in [0.5, 0.6) is 5.75 Å². The second-order valence-electron chi connectivity index (χ2n) is 5.03. The molecule has 4 heteroatoms. The minimum atomic E-state index is 0.0726. The molecule has 1 fully saturated rings. The maximum Gasteiger partial charge on any atom is 0.231 e. The molecule has 1 amide bonds. The van der Waals surface area contributed by atoms with E-state index in [0.717, 1.165) is 30.9 Å². The minimum Gasteiger partial charge on any atom is -0.497 e. The van der Waals surface area contributed by atoms with Gasteiger partial charge in [0.1, 0.15) is 5.75 Å². The number of methoxy groups -OCH3 is 1. The highest BCUT2D eigenvalue weighted by Crippen LogP contribution is 2.43. The third-order valence-corrected chi connectivity index (χ3v) is 4.13. The van der Waals surface area contributed by atoms with Gasteiger partial charge >= 0.3 is 0 Å². The van der Waals surface area contributed by atoms with Crippen LogP contribution >= 0.6 is 0 Å². The standard InChI is InChI=1S/C14H18N2O2/c1-16-13-4-3-9(18-2)7-11(13)10-5-6-15-8-12(10)14(16)17/h3-4,7,10,12,15H,5-6,8H2,1-2H3. The van der Waals surface area contributed by atoms with Gasteiger partial charge < -0.3 is 15.0 Å². The summed E-state index contributed by atoms with van der Waals surface area (Å²) >= 11 is 0. The molecule has 1 aromatic carbocycles. The molecule has 0 aromatic heterocycles. The van der Waals surface area contributed by atoms with Gasteiger partial charge in [0, 0.05) is 25.2 Å². The summed E-state index contributed by atoms with van der Waals surface area (Å²) in [6, 6.07) is 6.00. The smallest absolute Gasteiger partial charge is 0.231 e. The number of piperidine rings is 1. The predicted octanol–water partition coefficient (Wildman–Crippen LogP) is 1.36. The first-order chi connectivity index (χ1) is 8.72. The van der Waals surface area contributed by atoms with Crippen LogP contribution in [0.2, 0.25) is 0 Å². The number of hydrogen-bond acceptors (Lipinski definition) is 3. The molecule has 2 aliphatic rings.